The van der Waals surface area contributed by atoms with Crippen LogP contribution in [0.15, 0.2) is 72.8 Å². The van der Waals surface area contributed by atoms with E-state index in [1.807, 2.05) is 32.0 Å². The van der Waals surface area contributed by atoms with Crippen molar-refractivity contribution in [1.29, 1.82) is 0 Å². The van der Waals surface area contributed by atoms with Crippen LogP contribution in [0.4, 0.5) is 5.69 Å². The molecule has 0 aliphatic heterocycles. The number of carbonyl (C=O) groups is 1. The molecule has 0 radical (unpaired) electrons. The Labute approximate surface area is 225 Å². The summed E-state index contributed by atoms with van der Waals surface area (Å²) in [6.07, 6.45) is 1.96. The van der Waals surface area contributed by atoms with Crippen molar-refractivity contribution >= 4 is 33.2 Å². The van der Waals surface area contributed by atoms with Crippen molar-refractivity contribution in [2.75, 3.05) is 10.6 Å². The number of halogens is 1. The number of anilines is 1. The van der Waals surface area contributed by atoms with Gasteiger partial charge in [0.15, 0.2) is 5.75 Å². The average Bonchev–Trinajstić information content (AvgIpc) is 2.77. The Bertz CT molecular complexity index is 1330. The Hall–Kier alpha value is -3.03. The van der Waals surface area contributed by atoms with E-state index < -0.39 is 10.0 Å². The first-order chi connectivity index (χ1) is 17.1. The van der Waals surface area contributed by atoms with Crippen molar-refractivity contribution in [3.05, 3.63) is 88.9 Å². The number of sulfonamides is 1. The molecule has 0 heterocycles. The first kappa shape index (κ1) is 28.5. The van der Waals surface area contributed by atoms with Crippen molar-refractivity contribution in [2.24, 2.45) is 5.41 Å². The van der Waals surface area contributed by atoms with Gasteiger partial charge in [-0.15, -0.1) is 0 Å². The van der Waals surface area contributed by atoms with Crippen LogP contribution in [0, 0.1) is 5.41 Å². The van der Waals surface area contributed by atoms with Crippen molar-refractivity contribution in [2.45, 2.75) is 53.1 Å². The summed E-state index contributed by atoms with van der Waals surface area (Å²) in [7, 11) is -3.70. The van der Waals surface area contributed by atoms with E-state index in [1.165, 1.54) is 4.31 Å². The number of para-hydroxylation sites is 1. The minimum atomic E-state index is -3.70. The molecule has 0 aromatic heterocycles. The highest BCUT2D eigenvalue weighted by Crippen LogP contribution is 2.37. The fraction of sp³-hybridized carbons (Fsp3) is 0.345. The molecule has 3 rings (SSSR count). The summed E-state index contributed by atoms with van der Waals surface area (Å²) < 4.78 is 33.0. The number of ether oxygens (including phenoxy) is 1. The second-order valence-electron chi connectivity index (χ2n) is 11.1. The first-order valence-corrected chi connectivity index (χ1v) is 14.3. The Kier molecular flexibility index (Phi) is 8.60. The third-order valence-corrected chi connectivity index (χ3v) is 6.89. The summed E-state index contributed by atoms with van der Waals surface area (Å²) >= 11 is 6.24. The molecule has 3 aromatic rings. The minimum absolute atomic E-state index is 0.0434. The number of hydrogen-bond acceptors (Lipinski definition) is 4. The third-order valence-electron chi connectivity index (χ3n) is 5.53. The van der Waals surface area contributed by atoms with Crippen LogP contribution in [0.3, 0.4) is 0 Å². The van der Waals surface area contributed by atoms with Gasteiger partial charge in [-0.25, -0.2) is 8.42 Å². The molecule has 0 atom stereocenters. The standard InChI is InChI=1S/C29H35ClN2O4S/c1-28(2,3)20-29(4,5)31-27(33)22-14-12-21(13-15-22)19-32(37(6,34)35)25-18-23(30)16-17-26(25)36-24-10-8-7-9-11-24/h7-18H,19-20H2,1-6H3,(H,31,33). The lowest BCUT2D eigenvalue weighted by atomic mass is 9.81. The number of benzene rings is 3. The smallest absolute Gasteiger partial charge is 0.251 e. The molecule has 0 fully saturated rings. The molecule has 1 N–H and O–H groups in total. The summed E-state index contributed by atoms with van der Waals surface area (Å²) in [5.74, 6) is 0.761. The maximum Gasteiger partial charge on any atom is 0.251 e. The van der Waals surface area contributed by atoms with E-state index in [2.05, 4.69) is 26.1 Å². The van der Waals surface area contributed by atoms with Crippen LogP contribution in [0.2, 0.25) is 5.02 Å². The average molecular weight is 543 g/mol. The van der Waals surface area contributed by atoms with Gasteiger partial charge in [-0.2, -0.15) is 0 Å². The molecule has 198 valence electrons. The molecule has 0 aliphatic rings. The number of nitrogens with zero attached hydrogens (tertiary/aromatic N) is 1. The molecular formula is C29H35ClN2O4S. The summed E-state index contributed by atoms with van der Waals surface area (Å²) in [4.78, 5) is 12.9. The molecule has 8 heteroatoms. The molecule has 0 unspecified atom stereocenters. The van der Waals surface area contributed by atoms with Gasteiger partial charge in [-0.05, 0) is 73.7 Å². The normalized spacial score (nSPS) is 12.2. The number of hydrogen-bond donors (Lipinski definition) is 1. The SMILES string of the molecule is CC(C)(C)CC(C)(C)NC(=O)c1ccc(CN(c2cc(Cl)ccc2Oc2ccccc2)S(C)(=O)=O)cc1. The van der Waals surface area contributed by atoms with Crippen LogP contribution >= 0.6 is 11.6 Å². The molecule has 0 aliphatic carbocycles. The number of nitrogens with one attached hydrogen (secondary N) is 1. The molecule has 0 spiro atoms. The largest absolute Gasteiger partial charge is 0.455 e. The van der Waals surface area contributed by atoms with Gasteiger partial charge >= 0.3 is 0 Å². The van der Waals surface area contributed by atoms with Gasteiger partial charge in [-0.3, -0.25) is 9.10 Å². The molecular weight excluding hydrogens is 508 g/mol. The highest BCUT2D eigenvalue weighted by molar-refractivity contribution is 7.92. The molecule has 1 amide bonds. The van der Waals surface area contributed by atoms with Gasteiger partial charge in [0.2, 0.25) is 10.0 Å². The number of carbonyl (C=O) groups excluding carboxylic acids is 1. The lowest BCUT2D eigenvalue weighted by Gasteiger charge is -2.33. The Morgan fingerprint density at radius 2 is 1.57 bits per heavy atom. The zero-order valence-corrected chi connectivity index (χ0v) is 23.8. The van der Waals surface area contributed by atoms with Crippen LogP contribution in [0.5, 0.6) is 11.5 Å². The predicted molar refractivity (Wildman–Crippen MR) is 151 cm³/mol. The molecule has 37 heavy (non-hydrogen) atoms. The molecule has 6 nitrogen and oxygen atoms in total. The molecule has 3 aromatic carbocycles. The summed E-state index contributed by atoms with van der Waals surface area (Å²) in [6.45, 7) is 10.5. The van der Waals surface area contributed by atoms with E-state index in [0.29, 0.717) is 33.3 Å². The van der Waals surface area contributed by atoms with Crippen LogP contribution < -0.4 is 14.4 Å². The van der Waals surface area contributed by atoms with E-state index in [1.54, 1.807) is 54.6 Å². The first-order valence-electron chi connectivity index (χ1n) is 12.0. The van der Waals surface area contributed by atoms with Gasteiger partial charge in [0.05, 0.1) is 18.5 Å². The van der Waals surface area contributed by atoms with Crippen LogP contribution in [0.1, 0.15) is 57.0 Å². The fourth-order valence-corrected chi connectivity index (χ4v) is 5.50. The summed E-state index contributed by atoms with van der Waals surface area (Å²) in [5.41, 5.74) is 1.24. The summed E-state index contributed by atoms with van der Waals surface area (Å²) in [5, 5.41) is 3.48. The highest BCUT2D eigenvalue weighted by Gasteiger charge is 2.27. The maximum absolute atomic E-state index is 12.9. The van der Waals surface area contributed by atoms with E-state index in [9.17, 15) is 13.2 Å². The van der Waals surface area contributed by atoms with Crippen LogP contribution in [-0.4, -0.2) is 26.1 Å². The van der Waals surface area contributed by atoms with Crippen molar-refractivity contribution < 1.29 is 17.9 Å². The van der Waals surface area contributed by atoms with Gasteiger partial charge in [0.25, 0.3) is 5.91 Å². The van der Waals surface area contributed by atoms with Gasteiger partial charge < -0.3 is 10.1 Å². The fourth-order valence-electron chi connectivity index (χ4n) is 4.45. The minimum Gasteiger partial charge on any atom is -0.455 e. The zero-order chi connectivity index (χ0) is 27.4. The van der Waals surface area contributed by atoms with E-state index >= 15 is 0 Å². The van der Waals surface area contributed by atoms with Crippen LogP contribution in [-0.2, 0) is 16.6 Å². The third kappa shape index (κ3) is 8.51. The number of rotatable bonds is 9. The Morgan fingerprint density at radius 1 is 0.946 bits per heavy atom. The Morgan fingerprint density at radius 3 is 2.14 bits per heavy atom. The van der Waals surface area contributed by atoms with Crippen molar-refractivity contribution in [3.63, 3.8) is 0 Å². The quantitative estimate of drug-likeness (QED) is 0.314. The monoisotopic (exact) mass is 542 g/mol. The van der Waals surface area contributed by atoms with Gasteiger partial charge in [0.1, 0.15) is 5.75 Å². The maximum atomic E-state index is 12.9. The van der Waals surface area contributed by atoms with Gasteiger partial charge in [0, 0.05) is 16.1 Å². The van der Waals surface area contributed by atoms with E-state index in [0.717, 1.165) is 12.7 Å². The number of amides is 1. The van der Waals surface area contributed by atoms with Crippen molar-refractivity contribution in [1.82, 2.24) is 5.32 Å². The lowest BCUT2D eigenvalue weighted by molar-refractivity contribution is 0.0891. The molecule has 0 bridgehead atoms. The van der Waals surface area contributed by atoms with E-state index in [4.69, 9.17) is 16.3 Å². The van der Waals surface area contributed by atoms with Crippen molar-refractivity contribution in [3.8, 4) is 11.5 Å². The van der Waals surface area contributed by atoms with E-state index in [-0.39, 0.29) is 23.4 Å². The molecule has 0 saturated carbocycles. The zero-order valence-electron chi connectivity index (χ0n) is 22.2. The molecule has 0 saturated heterocycles. The second kappa shape index (κ2) is 11.2. The van der Waals surface area contributed by atoms with Crippen LogP contribution in [0.25, 0.3) is 0 Å². The lowest BCUT2D eigenvalue weighted by Crippen LogP contribution is -2.45. The topological polar surface area (TPSA) is 75.7 Å². The summed E-state index contributed by atoms with van der Waals surface area (Å²) in [6, 6.07) is 20.9. The second-order valence-corrected chi connectivity index (χ2v) is 13.4. The van der Waals surface area contributed by atoms with Gasteiger partial charge in [-0.1, -0.05) is 62.7 Å². The highest BCUT2D eigenvalue weighted by atomic mass is 35.5. The Balaban J connectivity index is 1.85. The predicted octanol–water partition coefficient (Wildman–Crippen LogP) is 7.04.